The number of fused-ring (bicyclic) bond motifs is 1. The summed E-state index contributed by atoms with van der Waals surface area (Å²) in [6.45, 7) is 1.98. The second kappa shape index (κ2) is 3.88. The third kappa shape index (κ3) is 2.08. The first-order valence-corrected chi connectivity index (χ1v) is 5.27. The molecule has 1 aromatic rings. The summed E-state index contributed by atoms with van der Waals surface area (Å²) in [5, 5.41) is 0. The summed E-state index contributed by atoms with van der Waals surface area (Å²) < 4.78 is 31.0. The van der Waals surface area contributed by atoms with Crippen LogP contribution >= 0.6 is 0 Å². The molecule has 1 aromatic heterocycles. The SMILES string of the molecule is CCOC(=O)c1cc2c([nH]1)CCC(F)(F)C2. The van der Waals surface area contributed by atoms with Crippen LogP contribution in [-0.4, -0.2) is 23.5 Å². The number of carbonyl (C=O) groups is 1. The van der Waals surface area contributed by atoms with E-state index in [0.29, 0.717) is 5.56 Å². The Morgan fingerprint density at radius 1 is 1.62 bits per heavy atom. The number of alkyl halides is 2. The number of H-pyrrole nitrogens is 1. The number of esters is 1. The molecule has 0 spiro atoms. The average Bonchev–Trinajstić information content (AvgIpc) is 2.59. The van der Waals surface area contributed by atoms with E-state index in [-0.39, 0.29) is 31.6 Å². The quantitative estimate of drug-likeness (QED) is 0.791. The van der Waals surface area contributed by atoms with Gasteiger partial charge in [-0.3, -0.25) is 0 Å². The highest BCUT2D eigenvalue weighted by Crippen LogP contribution is 2.33. The van der Waals surface area contributed by atoms with Crippen LogP contribution in [0.1, 0.15) is 35.1 Å². The zero-order valence-electron chi connectivity index (χ0n) is 8.98. The molecule has 16 heavy (non-hydrogen) atoms. The van der Waals surface area contributed by atoms with Gasteiger partial charge in [0.2, 0.25) is 0 Å². The van der Waals surface area contributed by atoms with Gasteiger partial charge in [-0.2, -0.15) is 0 Å². The van der Waals surface area contributed by atoms with Gasteiger partial charge in [0.05, 0.1) is 6.61 Å². The number of hydrogen-bond acceptors (Lipinski definition) is 2. The number of halogens is 2. The van der Waals surface area contributed by atoms with E-state index in [0.717, 1.165) is 5.69 Å². The second-order valence-corrected chi connectivity index (χ2v) is 3.94. The summed E-state index contributed by atoms with van der Waals surface area (Å²) in [7, 11) is 0. The number of nitrogens with one attached hydrogen (secondary N) is 1. The van der Waals surface area contributed by atoms with Gasteiger partial charge < -0.3 is 9.72 Å². The largest absolute Gasteiger partial charge is 0.461 e. The summed E-state index contributed by atoms with van der Waals surface area (Å²) in [4.78, 5) is 14.2. The summed E-state index contributed by atoms with van der Waals surface area (Å²) in [5.74, 6) is -3.14. The van der Waals surface area contributed by atoms with Crippen LogP contribution in [0.4, 0.5) is 8.78 Å². The van der Waals surface area contributed by atoms with Gasteiger partial charge in [-0.25, -0.2) is 13.6 Å². The van der Waals surface area contributed by atoms with E-state index in [1.54, 1.807) is 6.92 Å². The Kier molecular flexibility index (Phi) is 2.69. The number of aromatic nitrogens is 1. The molecule has 1 aliphatic rings. The van der Waals surface area contributed by atoms with Gasteiger partial charge in [0, 0.05) is 18.5 Å². The number of ether oxygens (including phenoxy) is 1. The van der Waals surface area contributed by atoms with Crippen molar-refractivity contribution in [2.75, 3.05) is 6.61 Å². The zero-order valence-corrected chi connectivity index (χ0v) is 8.98. The molecule has 0 amide bonds. The Morgan fingerprint density at radius 2 is 2.38 bits per heavy atom. The first-order chi connectivity index (χ1) is 7.52. The standard InChI is InChI=1S/C11H13F2NO2/c1-2-16-10(15)9-5-7-6-11(12,13)4-3-8(7)14-9/h5,14H,2-4,6H2,1H3. The Bertz CT molecular complexity index is 412. The highest BCUT2D eigenvalue weighted by Gasteiger charge is 2.35. The van der Waals surface area contributed by atoms with Gasteiger partial charge in [0.25, 0.3) is 5.92 Å². The molecule has 0 saturated heterocycles. The van der Waals surface area contributed by atoms with E-state index in [9.17, 15) is 13.6 Å². The van der Waals surface area contributed by atoms with Crippen molar-refractivity contribution in [1.82, 2.24) is 4.98 Å². The van der Waals surface area contributed by atoms with Crippen molar-refractivity contribution in [1.29, 1.82) is 0 Å². The summed E-state index contributed by atoms with van der Waals surface area (Å²) in [5.41, 5.74) is 1.53. The minimum atomic E-state index is -2.65. The second-order valence-electron chi connectivity index (χ2n) is 3.94. The Hall–Kier alpha value is -1.39. The maximum Gasteiger partial charge on any atom is 0.354 e. The van der Waals surface area contributed by atoms with Gasteiger partial charge in [0.1, 0.15) is 5.69 Å². The third-order valence-electron chi connectivity index (χ3n) is 2.68. The van der Waals surface area contributed by atoms with Crippen molar-refractivity contribution in [3.05, 3.63) is 23.0 Å². The molecule has 1 heterocycles. The molecule has 1 aliphatic carbocycles. The smallest absolute Gasteiger partial charge is 0.354 e. The van der Waals surface area contributed by atoms with Crippen LogP contribution in [0.5, 0.6) is 0 Å². The lowest BCUT2D eigenvalue weighted by molar-refractivity contribution is -0.0124. The molecule has 88 valence electrons. The third-order valence-corrected chi connectivity index (χ3v) is 2.68. The van der Waals surface area contributed by atoms with E-state index in [1.165, 1.54) is 6.07 Å². The van der Waals surface area contributed by atoms with Gasteiger partial charge in [-0.05, 0) is 25.0 Å². The summed E-state index contributed by atoms with van der Waals surface area (Å²) >= 11 is 0. The van der Waals surface area contributed by atoms with Crippen LogP contribution in [0, 0.1) is 0 Å². The molecule has 5 heteroatoms. The molecule has 0 aliphatic heterocycles. The van der Waals surface area contributed by atoms with Gasteiger partial charge >= 0.3 is 5.97 Å². The lowest BCUT2D eigenvalue weighted by Crippen LogP contribution is -2.25. The van der Waals surface area contributed by atoms with Crippen LogP contribution in [0.2, 0.25) is 0 Å². The van der Waals surface area contributed by atoms with Crippen molar-refractivity contribution in [3.8, 4) is 0 Å². The average molecular weight is 229 g/mol. The highest BCUT2D eigenvalue weighted by atomic mass is 19.3. The number of hydrogen-bond donors (Lipinski definition) is 1. The van der Waals surface area contributed by atoms with Crippen molar-refractivity contribution in [2.45, 2.75) is 32.1 Å². The molecule has 0 radical (unpaired) electrons. The van der Waals surface area contributed by atoms with E-state index in [4.69, 9.17) is 4.74 Å². The number of aryl methyl sites for hydroxylation is 1. The fourth-order valence-corrected chi connectivity index (χ4v) is 1.91. The van der Waals surface area contributed by atoms with Crippen LogP contribution in [0.15, 0.2) is 6.07 Å². The van der Waals surface area contributed by atoms with Crippen molar-refractivity contribution >= 4 is 5.97 Å². The Labute approximate surface area is 91.8 Å². The molecule has 1 N–H and O–H groups in total. The predicted molar refractivity (Wildman–Crippen MR) is 53.7 cm³/mol. The fraction of sp³-hybridized carbons (Fsp3) is 0.545. The van der Waals surface area contributed by atoms with Crippen LogP contribution in [-0.2, 0) is 17.6 Å². The molecular weight excluding hydrogens is 216 g/mol. The summed E-state index contributed by atoms with van der Waals surface area (Å²) in [6.07, 6.45) is -0.178. The molecule has 0 bridgehead atoms. The van der Waals surface area contributed by atoms with Crippen LogP contribution < -0.4 is 0 Å². The summed E-state index contributed by atoms with van der Waals surface area (Å²) in [6, 6.07) is 1.47. The zero-order chi connectivity index (χ0) is 11.8. The normalized spacial score (nSPS) is 17.9. The maximum absolute atomic E-state index is 13.1. The Morgan fingerprint density at radius 3 is 3.06 bits per heavy atom. The molecule has 0 atom stereocenters. The van der Waals surface area contributed by atoms with Crippen molar-refractivity contribution in [3.63, 3.8) is 0 Å². The molecule has 0 aromatic carbocycles. The first-order valence-electron chi connectivity index (χ1n) is 5.27. The lowest BCUT2D eigenvalue weighted by Gasteiger charge is -2.21. The topological polar surface area (TPSA) is 42.1 Å². The maximum atomic E-state index is 13.1. The first kappa shape index (κ1) is 11.1. The minimum absolute atomic E-state index is 0.164. The van der Waals surface area contributed by atoms with E-state index in [1.807, 2.05) is 0 Å². The Balaban J connectivity index is 2.21. The number of carbonyl (C=O) groups excluding carboxylic acids is 1. The van der Waals surface area contributed by atoms with Gasteiger partial charge in [-0.1, -0.05) is 0 Å². The molecular formula is C11H13F2NO2. The van der Waals surface area contributed by atoms with E-state index < -0.39 is 11.9 Å². The van der Waals surface area contributed by atoms with E-state index in [2.05, 4.69) is 4.98 Å². The van der Waals surface area contributed by atoms with Crippen molar-refractivity contribution in [2.24, 2.45) is 0 Å². The van der Waals surface area contributed by atoms with E-state index >= 15 is 0 Å². The molecule has 0 saturated carbocycles. The number of aromatic amines is 1. The van der Waals surface area contributed by atoms with Crippen LogP contribution in [0.25, 0.3) is 0 Å². The number of rotatable bonds is 2. The van der Waals surface area contributed by atoms with Gasteiger partial charge in [0.15, 0.2) is 0 Å². The fourth-order valence-electron chi connectivity index (χ4n) is 1.91. The molecule has 3 nitrogen and oxygen atoms in total. The van der Waals surface area contributed by atoms with Crippen LogP contribution in [0.3, 0.4) is 0 Å². The van der Waals surface area contributed by atoms with Gasteiger partial charge in [-0.15, -0.1) is 0 Å². The lowest BCUT2D eigenvalue weighted by atomic mass is 9.95. The minimum Gasteiger partial charge on any atom is -0.461 e. The molecule has 0 unspecified atom stereocenters. The predicted octanol–water partition coefficient (Wildman–Crippen LogP) is 2.32. The molecule has 0 fully saturated rings. The van der Waals surface area contributed by atoms with Crippen molar-refractivity contribution < 1.29 is 18.3 Å². The monoisotopic (exact) mass is 229 g/mol. The molecule has 2 rings (SSSR count). The highest BCUT2D eigenvalue weighted by molar-refractivity contribution is 5.87.